The van der Waals surface area contributed by atoms with E-state index < -0.39 is 23.5 Å². The number of hydrogen-bond acceptors (Lipinski definition) is 5. The second kappa shape index (κ2) is 10.2. The number of rotatable bonds is 8. The van der Waals surface area contributed by atoms with Crippen LogP contribution in [0.15, 0.2) is 46.9 Å². The van der Waals surface area contributed by atoms with Crippen LogP contribution < -0.4 is 10.1 Å². The van der Waals surface area contributed by atoms with Gasteiger partial charge >= 0.3 is 12.1 Å². The predicted molar refractivity (Wildman–Crippen MR) is 109 cm³/mol. The average Bonchev–Trinajstić information content (AvgIpc) is 2.69. The minimum atomic E-state index is -1.06. The van der Waals surface area contributed by atoms with Gasteiger partial charge in [-0.2, -0.15) is 0 Å². The Hall–Kier alpha value is -2.61. The zero-order chi connectivity index (χ0) is 21.4. The number of benzene rings is 2. The van der Waals surface area contributed by atoms with Crippen molar-refractivity contribution in [2.45, 2.75) is 32.5 Å². The molecule has 0 aliphatic heterocycles. The molecule has 0 aliphatic rings. The van der Waals surface area contributed by atoms with Crippen LogP contribution in [-0.2, 0) is 27.3 Å². The monoisotopic (exact) mass is 467 g/mol. The molecule has 29 heavy (non-hydrogen) atoms. The van der Waals surface area contributed by atoms with Gasteiger partial charge in [0.15, 0.2) is 0 Å². The van der Waals surface area contributed by atoms with Crippen LogP contribution >= 0.6 is 15.9 Å². The van der Waals surface area contributed by atoms with E-state index in [1.165, 1.54) is 7.11 Å². The third-order valence-corrected chi connectivity index (χ3v) is 4.58. The van der Waals surface area contributed by atoms with Crippen LogP contribution in [0.2, 0.25) is 0 Å². The number of hydrogen-bond donors (Lipinski definition) is 1. The smallest absolute Gasteiger partial charge is 0.408 e. The Balaban J connectivity index is 2.11. The molecule has 0 aliphatic carbocycles. The van der Waals surface area contributed by atoms with Gasteiger partial charge in [0.2, 0.25) is 0 Å². The Morgan fingerprint density at radius 1 is 1.14 bits per heavy atom. The van der Waals surface area contributed by atoms with Gasteiger partial charge in [-0.3, -0.25) is 4.79 Å². The molecule has 0 radical (unpaired) electrons. The highest BCUT2D eigenvalue weighted by atomic mass is 79.9. The van der Waals surface area contributed by atoms with E-state index in [0.717, 1.165) is 5.56 Å². The molecule has 156 valence electrons. The van der Waals surface area contributed by atoms with Gasteiger partial charge in [0, 0.05) is 12.0 Å². The Labute approximate surface area is 177 Å². The molecule has 2 rings (SSSR count). The topological polar surface area (TPSA) is 73.9 Å². The zero-order valence-corrected chi connectivity index (χ0v) is 18.0. The number of amides is 1. The van der Waals surface area contributed by atoms with Gasteiger partial charge in [-0.25, -0.2) is 9.18 Å². The van der Waals surface area contributed by atoms with Gasteiger partial charge in [0.25, 0.3) is 0 Å². The summed E-state index contributed by atoms with van der Waals surface area (Å²) in [7, 11) is 1.21. The second-order valence-electron chi connectivity index (χ2n) is 6.87. The van der Waals surface area contributed by atoms with E-state index in [0.29, 0.717) is 5.75 Å². The van der Waals surface area contributed by atoms with Crippen LogP contribution in [-0.4, -0.2) is 31.3 Å². The number of esters is 1. The molecule has 0 atom stereocenters. The van der Waals surface area contributed by atoms with Gasteiger partial charge in [-0.15, -0.1) is 0 Å². The number of alkyl carbamates (subject to hydrolysis) is 1. The molecule has 2 aromatic rings. The summed E-state index contributed by atoms with van der Waals surface area (Å²) in [5.41, 5.74) is 0.160. The van der Waals surface area contributed by atoms with Crippen molar-refractivity contribution >= 4 is 28.0 Å². The highest BCUT2D eigenvalue weighted by Crippen LogP contribution is 2.32. The largest absolute Gasteiger partial charge is 0.489 e. The van der Waals surface area contributed by atoms with Gasteiger partial charge in [-0.05, 0) is 47.5 Å². The maximum Gasteiger partial charge on any atom is 0.408 e. The summed E-state index contributed by atoms with van der Waals surface area (Å²) in [4.78, 5) is 23.1. The zero-order valence-electron chi connectivity index (χ0n) is 16.5. The molecule has 0 saturated carbocycles. The Kier molecular flexibility index (Phi) is 8.01. The lowest BCUT2D eigenvalue weighted by molar-refractivity contribution is -0.139. The van der Waals surface area contributed by atoms with Crippen molar-refractivity contribution in [2.75, 3.05) is 13.7 Å². The fourth-order valence-corrected chi connectivity index (χ4v) is 2.95. The molecule has 0 bridgehead atoms. The van der Waals surface area contributed by atoms with Crippen LogP contribution in [0, 0.1) is 5.82 Å². The standard InChI is InChI=1S/C21H23BrFNO5/c1-21(2,29-20(26)24-12-18(25)27-3)11-15-17(10-9-16(22)19(15)23)28-13-14-7-5-4-6-8-14/h4-10H,11-13H2,1-3H3,(H,24,26). The minimum Gasteiger partial charge on any atom is -0.489 e. The second-order valence-corrected chi connectivity index (χ2v) is 7.72. The minimum absolute atomic E-state index is 0.0635. The lowest BCUT2D eigenvalue weighted by Crippen LogP contribution is -2.38. The highest BCUT2D eigenvalue weighted by molar-refractivity contribution is 9.10. The molecule has 0 spiro atoms. The molecule has 1 amide bonds. The predicted octanol–water partition coefficient (Wildman–Crippen LogP) is 4.39. The molecule has 8 heteroatoms. The molecule has 2 aromatic carbocycles. The maximum atomic E-state index is 14.8. The Morgan fingerprint density at radius 3 is 2.48 bits per heavy atom. The van der Waals surface area contributed by atoms with E-state index in [1.54, 1.807) is 26.0 Å². The summed E-state index contributed by atoms with van der Waals surface area (Å²) in [5, 5.41) is 2.29. The average molecular weight is 468 g/mol. The van der Waals surface area contributed by atoms with Crippen LogP contribution in [0.3, 0.4) is 0 Å². The van der Waals surface area contributed by atoms with Crippen LogP contribution in [0.25, 0.3) is 0 Å². The third-order valence-electron chi connectivity index (χ3n) is 3.97. The quantitative estimate of drug-likeness (QED) is 0.582. The van der Waals surface area contributed by atoms with E-state index in [-0.39, 0.29) is 29.6 Å². The van der Waals surface area contributed by atoms with Gasteiger partial charge in [0.1, 0.15) is 30.3 Å². The molecular formula is C21H23BrFNO5. The molecule has 0 unspecified atom stereocenters. The number of carbonyl (C=O) groups is 2. The third kappa shape index (κ3) is 7.05. The summed E-state index contributed by atoms with van der Waals surface area (Å²) < 4.78 is 30.7. The first-order chi connectivity index (χ1) is 13.7. The molecule has 0 heterocycles. The van der Waals surface area contributed by atoms with Crippen molar-refractivity contribution in [2.24, 2.45) is 0 Å². The molecule has 1 N–H and O–H groups in total. The fourth-order valence-electron chi connectivity index (χ4n) is 2.58. The van der Waals surface area contributed by atoms with Crippen molar-refractivity contribution in [3.8, 4) is 5.75 Å². The summed E-state index contributed by atoms with van der Waals surface area (Å²) in [6.45, 7) is 3.25. The first-order valence-corrected chi connectivity index (χ1v) is 9.68. The van der Waals surface area contributed by atoms with Crippen molar-refractivity contribution < 1.29 is 28.2 Å². The lowest BCUT2D eigenvalue weighted by Gasteiger charge is -2.26. The van der Waals surface area contributed by atoms with Gasteiger partial charge in [0.05, 0.1) is 11.6 Å². The Bertz CT molecular complexity index is 858. The van der Waals surface area contributed by atoms with Gasteiger partial charge in [-0.1, -0.05) is 30.3 Å². The molecule has 0 fully saturated rings. The number of halogens is 2. The van der Waals surface area contributed by atoms with E-state index >= 15 is 0 Å². The van der Waals surface area contributed by atoms with E-state index in [9.17, 15) is 14.0 Å². The van der Waals surface area contributed by atoms with E-state index in [1.807, 2.05) is 30.3 Å². The first-order valence-electron chi connectivity index (χ1n) is 8.89. The normalized spacial score (nSPS) is 10.9. The fraction of sp³-hybridized carbons (Fsp3) is 0.333. The van der Waals surface area contributed by atoms with Crippen molar-refractivity contribution in [3.05, 3.63) is 63.9 Å². The van der Waals surface area contributed by atoms with E-state index in [4.69, 9.17) is 9.47 Å². The van der Waals surface area contributed by atoms with Crippen molar-refractivity contribution in [3.63, 3.8) is 0 Å². The highest BCUT2D eigenvalue weighted by Gasteiger charge is 2.28. The van der Waals surface area contributed by atoms with Gasteiger partial charge < -0.3 is 19.5 Å². The first kappa shape index (κ1) is 22.7. The lowest BCUT2D eigenvalue weighted by atomic mass is 9.97. The van der Waals surface area contributed by atoms with Crippen LogP contribution in [0.4, 0.5) is 9.18 Å². The van der Waals surface area contributed by atoms with Crippen molar-refractivity contribution in [1.82, 2.24) is 5.32 Å². The van der Waals surface area contributed by atoms with Crippen LogP contribution in [0.5, 0.6) is 5.75 Å². The molecule has 0 aromatic heterocycles. The number of nitrogens with one attached hydrogen (secondary N) is 1. The maximum absolute atomic E-state index is 14.8. The van der Waals surface area contributed by atoms with Crippen molar-refractivity contribution in [1.29, 1.82) is 0 Å². The molecule has 0 saturated heterocycles. The number of methoxy groups -OCH3 is 1. The number of carbonyl (C=O) groups excluding carboxylic acids is 2. The summed E-state index contributed by atoms with van der Waals surface area (Å²) in [5.74, 6) is -0.724. The molecule has 6 nitrogen and oxygen atoms in total. The van der Waals surface area contributed by atoms with E-state index in [2.05, 4.69) is 26.0 Å². The SMILES string of the molecule is COC(=O)CNC(=O)OC(C)(C)Cc1c(OCc2ccccc2)ccc(Br)c1F. The molecular weight excluding hydrogens is 445 g/mol. The summed E-state index contributed by atoms with van der Waals surface area (Å²) in [6.07, 6.45) is -0.740. The summed E-state index contributed by atoms with van der Waals surface area (Å²) in [6, 6.07) is 12.7. The summed E-state index contributed by atoms with van der Waals surface area (Å²) >= 11 is 3.18. The number of ether oxygens (including phenoxy) is 3. The Morgan fingerprint density at radius 2 is 1.83 bits per heavy atom. The van der Waals surface area contributed by atoms with Crippen LogP contribution in [0.1, 0.15) is 25.0 Å².